The summed E-state index contributed by atoms with van der Waals surface area (Å²) in [5.74, 6) is 0. The third-order valence-corrected chi connectivity index (χ3v) is 3.94. The van der Waals surface area contributed by atoms with Crippen molar-refractivity contribution in [1.82, 2.24) is 4.98 Å². The first kappa shape index (κ1) is 14.4. The van der Waals surface area contributed by atoms with E-state index >= 15 is 0 Å². The summed E-state index contributed by atoms with van der Waals surface area (Å²) in [6, 6.07) is 7.14. The van der Waals surface area contributed by atoms with E-state index in [9.17, 15) is 9.59 Å². The van der Waals surface area contributed by atoms with Gasteiger partial charge in [0, 0.05) is 42.0 Å². The average Bonchev–Trinajstić information content (AvgIpc) is 2.47. The third-order valence-electron chi connectivity index (χ3n) is 3.94. The predicted molar refractivity (Wildman–Crippen MR) is 88.9 cm³/mol. The van der Waals surface area contributed by atoms with Crippen molar-refractivity contribution in [3.8, 4) is 0 Å². The third kappa shape index (κ3) is 2.19. The van der Waals surface area contributed by atoms with Crippen molar-refractivity contribution in [2.45, 2.75) is 20.8 Å². The molecule has 1 aromatic carbocycles. The van der Waals surface area contributed by atoms with Crippen LogP contribution in [-0.2, 0) is 0 Å². The highest BCUT2D eigenvalue weighted by atomic mass is 16.4. The van der Waals surface area contributed by atoms with Crippen LogP contribution in [0.15, 0.2) is 38.3 Å². The molecule has 0 atom stereocenters. The molecular weight excluding hydrogens is 280 g/mol. The molecule has 0 aliphatic carbocycles. The van der Waals surface area contributed by atoms with Gasteiger partial charge in [0.15, 0.2) is 5.43 Å². The molecule has 0 amide bonds. The SMILES string of the molecule is CCN(CC)c1ccc2c(c1)oc(=O)c1c(=O)cc(C)[nH]c12. The van der Waals surface area contributed by atoms with Crippen LogP contribution >= 0.6 is 0 Å². The molecule has 3 aromatic rings. The van der Waals surface area contributed by atoms with Gasteiger partial charge in [-0.15, -0.1) is 0 Å². The number of nitrogens with one attached hydrogen (secondary N) is 1. The Labute approximate surface area is 127 Å². The molecule has 114 valence electrons. The van der Waals surface area contributed by atoms with E-state index in [0.717, 1.165) is 29.9 Å². The van der Waals surface area contributed by atoms with Crippen molar-refractivity contribution >= 4 is 27.6 Å². The van der Waals surface area contributed by atoms with Crippen LogP contribution < -0.4 is 16.0 Å². The Morgan fingerprint density at radius 3 is 2.55 bits per heavy atom. The molecule has 0 saturated carbocycles. The zero-order valence-electron chi connectivity index (χ0n) is 12.9. The molecule has 0 radical (unpaired) electrons. The van der Waals surface area contributed by atoms with Gasteiger partial charge >= 0.3 is 5.63 Å². The first-order valence-electron chi connectivity index (χ1n) is 7.40. The summed E-state index contributed by atoms with van der Waals surface area (Å²) in [5.41, 5.74) is 1.84. The number of aryl methyl sites for hydroxylation is 1. The van der Waals surface area contributed by atoms with Crippen LogP contribution in [0.25, 0.3) is 21.9 Å². The lowest BCUT2D eigenvalue weighted by molar-refractivity contribution is 0.569. The second kappa shape index (κ2) is 5.33. The zero-order chi connectivity index (χ0) is 15.9. The van der Waals surface area contributed by atoms with Gasteiger partial charge in [0.25, 0.3) is 0 Å². The monoisotopic (exact) mass is 298 g/mol. The van der Waals surface area contributed by atoms with Crippen LogP contribution in [0.3, 0.4) is 0 Å². The fourth-order valence-electron chi connectivity index (χ4n) is 2.83. The number of rotatable bonds is 3. The van der Waals surface area contributed by atoms with Crippen LogP contribution in [0.1, 0.15) is 19.5 Å². The van der Waals surface area contributed by atoms with E-state index in [2.05, 4.69) is 23.7 Å². The van der Waals surface area contributed by atoms with E-state index in [1.165, 1.54) is 6.07 Å². The lowest BCUT2D eigenvalue weighted by Gasteiger charge is -2.21. The van der Waals surface area contributed by atoms with Crippen molar-refractivity contribution < 1.29 is 4.42 Å². The van der Waals surface area contributed by atoms with Crippen LogP contribution in [0.5, 0.6) is 0 Å². The highest BCUT2D eigenvalue weighted by molar-refractivity contribution is 6.02. The Kier molecular flexibility index (Phi) is 3.48. The molecule has 1 N–H and O–H groups in total. The average molecular weight is 298 g/mol. The van der Waals surface area contributed by atoms with Gasteiger partial charge in [-0.1, -0.05) is 0 Å². The molecule has 0 fully saturated rings. The summed E-state index contributed by atoms with van der Waals surface area (Å²) in [6.45, 7) is 7.69. The highest BCUT2D eigenvalue weighted by Crippen LogP contribution is 2.25. The second-order valence-corrected chi connectivity index (χ2v) is 5.31. The summed E-state index contributed by atoms with van der Waals surface area (Å²) in [5, 5.41) is 0.819. The topological polar surface area (TPSA) is 66.3 Å². The van der Waals surface area contributed by atoms with Crippen LogP contribution in [0.4, 0.5) is 5.69 Å². The number of hydrogen-bond acceptors (Lipinski definition) is 4. The smallest absolute Gasteiger partial charge is 0.349 e. The van der Waals surface area contributed by atoms with Crippen LogP contribution in [0.2, 0.25) is 0 Å². The van der Waals surface area contributed by atoms with Crippen molar-refractivity contribution in [1.29, 1.82) is 0 Å². The van der Waals surface area contributed by atoms with Gasteiger partial charge in [0.2, 0.25) is 0 Å². The second-order valence-electron chi connectivity index (χ2n) is 5.31. The Morgan fingerprint density at radius 1 is 1.14 bits per heavy atom. The van der Waals surface area contributed by atoms with E-state index in [1.54, 1.807) is 6.92 Å². The number of pyridine rings is 1. The maximum absolute atomic E-state index is 12.1. The first-order chi connectivity index (χ1) is 10.5. The molecule has 0 saturated heterocycles. The minimum atomic E-state index is -0.597. The van der Waals surface area contributed by atoms with Crippen molar-refractivity contribution in [2.24, 2.45) is 0 Å². The molecule has 22 heavy (non-hydrogen) atoms. The number of fused-ring (bicyclic) bond motifs is 3. The molecule has 0 spiro atoms. The Bertz CT molecular complexity index is 965. The summed E-state index contributed by atoms with van der Waals surface area (Å²) in [7, 11) is 0. The van der Waals surface area contributed by atoms with E-state index < -0.39 is 5.63 Å². The molecular formula is C17H18N2O3. The molecule has 3 rings (SSSR count). The van der Waals surface area contributed by atoms with Gasteiger partial charge in [-0.2, -0.15) is 0 Å². The minimum absolute atomic E-state index is 0.0775. The fraction of sp³-hybridized carbons (Fsp3) is 0.294. The number of hydrogen-bond donors (Lipinski definition) is 1. The maximum atomic E-state index is 12.1. The molecule has 0 unspecified atom stereocenters. The summed E-state index contributed by atoms with van der Waals surface area (Å²) < 4.78 is 5.37. The highest BCUT2D eigenvalue weighted by Gasteiger charge is 2.13. The molecule has 2 heterocycles. The number of aromatic amines is 1. The number of H-pyrrole nitrogens is 1. The van der Waals surface area contributed by atoms with Crippen molar-refractivity contribution in [2.75, 3.05) is 18.0 Å². The van der Waals surface area contributed by atoms with Gasteiger partial charge in [-0.05, 0) is 32.9 Å². The summed E-state index contributed by atoms with van der Waals surface area (Å²) in [6.07, 6.45) is 0. The number of nitrogens with zero attached hydrogens (tertiary/aromatic N) is 1. The largest absolute Gasteiger partial charge is 0.422 e. The van der Waals surface area contributed by atoms with Crippen LogP contribution in [0, 0.1) is 6.92 Å². The van der Waals surface area contributed by atoms with Crippen molar-refractivity contribution in [3.05, 3.63) is 50.6 Å². The van der Waals surface area contributed by atoms with E-state index in [-0.39, 0.29) is 10.8 Å². The quantitative estimate of drug-likeness (QED) is 0.596. The molecule has 2 aromatic heterocycles. The van der Waals surface area contributed by atoms with Crippen molar-refractivity contribution in [3.63, 3.8) is 0 Å². The summed E-state index contributed by atoms with van der Waals surface area (Å²) >= 11 is 0. The number of benzene rings is 1. The predicted octanol–water partition coefficient (Wildman–Crippen LogP) is 2.79. The first-order valence-corrected chi connectivity index (χ1v) is 7.40. The Morgan fingerprint density at radius 2 is 1.86 bits per heavy atom. The molecule has 0 aliphatic rings. The van der Waals surface area contributed by atoms with E-state index in [1.807, 2.05) is 18.2 Å². The lowest BCUT2D eigenvalue weighted by atomic mass is 10.1. The molecule has 0 aliphatic heterocycles. The normalized spacial score (nSPS) is 11.2. The lowest BCUT2D eigenvalue weighted by Crippen LogP contribution is -2.21. The molecule has 5 nitrogen and oxygen atoms in total. The Balaban J connectivity index is 2.39. The molecule has 5 heteroatoms. The van der Waals surface area contributed by atoms with Crippen LogP contribution in [-0.4, -0.2) is 18.1 Å². The summed E-state index contributed by atoms with van der Waals surface area (Å²) in [4.78, 5) is 29.5. The number of aromatic nitrogens is 1. The van der Waals surface area contributed by atoms with E-state index in [4.69, 9.17) is 4.42 Å². The Hall–Kier alpha value is -2.56. The standard InChI is InChI=1S/C17H18N2O3/c1-4-19(5-2)11-6-7-12-14(9-11)22-17(21)15-13(20)8-10(3)18-16(12)15/h6-9H,4-5H2,1-3H3,(H,18,20). The maximum Gasteiger partial charge on any atom is 0.349 e. The van der Waals surface area contributed by atoms with Gasteiger partial charge in [-0.3, -0.25) is 4.79 Å². The number of anilines is 1. The van der Waals surface area contributed by atoms with Gasteiger partial charge in [-0.25, -0.2) is 4.79 Å². The van der Waals surface area contributed by atoms with E-state index in [0.29, 0.717) is 11.1 Å². The fourth-order valence-corrected chi connectivity index (χ4v) is 2.83. The molecule has 0 bridgehead atoms. The van der Waals surface area contributed by atoms with Gasteiger partial charge in [0.05, 0.1) is 5.52 Å². The van der Waals surface area contributed by atoms with Gasteiger partial charge < -0.3 is 14.3 Å². The minimum Gasteiger partial charge on any atom is -0.422 e. The zero-order valence-corrected chi connectivity index (χ0v) is 12.9. The van der Waals surface area contributed by atoms with Gasteiger partial charge in [0.1, 0.15) is 11.0 Å².